The molecule has 6 heteroatoms. The van der Waals surface area contributed by atoms with Crippen molar-refractivity contribution >= 4 is 23.1 Å². The van der Waals surface area contributed by atoms with Crippen molar-refractivity contribution in [2.75, 3.05) is 11.5 Å². The number of nitrogen functional groups attached to an aromatic ring is 2. The topological polar surface area (TPSA) is 90.1 Å². The molecule has 0 unspecified atom stereocenters. The third-order valence-corrected chi connectivity index (χ3v) is 2.13. The zero-order chi connectivity index (χ0) is 12.1. The Morgan fingerprint density at radius 3 is 2.31 bits per heavy atom. The van der Waals surface area contributed by atoms with E-state index in [2.05, 4.69) is 5.10 Å². The molecule has 0 aliphatic heterocycles. The van der Waals surface area contributed by atoms with E-state index in [1.165, 1.54) is 12.1 Å². The van der Waals surface area contributed by atoms with Crippen molar-refractivity contribution in [2.45, 2.75) is 0 Å². The van der Waals surface area contributed by atoms with E-state index >= 15 is 0 Å². The Kier molecular flexibility index (Phi) is 4.02. The van der Waals surface area contributed by atoms with Crippen molar-refractivity contribution < 1.29 is 5.11 Å². The number of phenolic OH excluding ortho intramolecular Hbond substituents is 1. The van der Waals surface area contributed by atoms with Gasteiger partial charge in [0.2, 0.25) is 0 Å². The van der Waals surface area contributed by atoms with Gasteiger partial charge >= 0.3 is 0 Å². The van der Waals surface area contributed by atoms with E-state index in [-0.39, 0.29) is 10.8 Å². The number of benzene rings is 1. The molecule has 2 rings (SSSR count). The Bertz CT molecular complexity index is 453. The highest BCUT2D eigenvalue weighted by atomic mass is 35.5. The zero-order valence-electron chi connectivity index (χ0n) is 8.76. The molecule has 5 N–H and O–H groups in total. The van der Waals surface area contributed by atoms with E-state index in [4.69, 9.17) is 28.2 Å². The first-order chi connectivity index (χ1) is 7.50. The number of halogens is 1. The highest BCUT2D eigenvalue weighted by Crippen LogP contribution is 2.24. The van der Waals surface area contributed by atoms with Crippen LogP contribution in [0.4, 0.5) is 11.5 Å². The number of hydrogen-bond donors (Lipinski definition) is 3. The lowest BCUT2D eigenvalue weighted by Gasteiger charge is -1.95. The summed E-state index contributed by atoms with van der Waals surface area (Å²) < 4.78 is 1.61. The van der Waals surface area contributed by atoms with Crippen molar-refractivity contribution in [3.05, 3.63) is 35.5 Å². The minimum absolute atomic E-state index is 0.0610. The molecule has 0 atom stereocenters. The Balaban J connectivity index is 0.000000165. The normalized spacial score (nSPS) is 9.38. The Hall–Kier alpha value is -1.88. The predicted molar refractivity (Wildman–Crippen MR) is 65.1 cm³/mol. The average Bonchev–Trinajstić information content (AvgIpc) is 2.59. The van der Waals surface area contributed by atoms with E-state index in [1.54, 1.807) is 30.1 Å². The maximum atomic E-state index is 8.86. The number of nitrogens with zero attached hydrogens (tertiary/aromatic N) is 2. The van der Waals surface area contributed by atoms with Gasteiger partial charge < -0.3 is 16.6 Å². The Morgan fingerprint density at radius 2 is 2.00 bits per heavy atom. The molecule has 5 nitrogen and oxygen atoms in total. The van der Waals surface area contributed by atoms with Crippen LogP contribution < -0.4 is 11.5 Å². The molecule has 0 aliphatic carbocycles. The van der Waals surface area contributed by atoms with Gasteiger partial charge in [-0.05, 0) is 24.3 Å². The van der Waals surface area contributed by atoms with Crippen LogP contribution in [0.2, 0.25) is 5.02 Å². The molecule has 0 saturated heterocycles. The maximum absolute atomic E-state index is 8.86. The number of aryl methyl sites for hydroxylation is 1. The quantitative estimate of drug-likeness (QED) is 0.482. The van der Waals surface area contributed by atoms with Crippen LogP contribution in [-0.2, 0) is 7.05 Å². The third-order valence-electron chi connectivity index (χ3n) is 1.83. The minimum Gasteiger partial charge on any atom is -0.506 e. The summed E-state index contributed by atoms with van der Waals surface area (Å²) in [6.07, 6.45) is 1.66. The van der Waals surface area contributed by atoms with E-state index in [0.29, 0.717) is 11.5 Å². The van der Waals surface area contributed by atoms with Gasteiger partial charge in [-0.1, -0.05) is 11.6 Å². The second-order valence-electron chi connectivity index (χ2n) is 3.09. The number of phenols is 1. The van der Waals surface area contributed by atoms with Crippen LogP contribution in [0.5, 0.6) is 5.75 Å². The van der Waals surface area contributed by atoms with Crippen LogP contribution >= 0.6 is 11.6 Å². The highest BCUT2D eigenvalue weighted by Gasteiger charge is 1.94. The van der Waals surface area contributed by atoms with Crippen LogP contribution in [0.1, 0.15) is 0 Å². The molecule has 1 aromatic carbocycles. The fourth-order valence-corrected chi connectivity index (χ4v) is 1.10. The number of rotatable bonds is 0. The lowest BCUT2D eigenvalue weighted by molar-refractivity contribution is 0.475. The predicted octanol–water partition coefficient (Wildman–Crippen LogP) is 1.63. The summed E-state index contributed by atoms with van der Waals surface area (Å²) in [5.74, 6) is 0.755. The molecule has 0 saturated carbocycles. The van der Waals surface area contributed by atoms with Gasteiger partial charge in [0.25, 0.3) is 0 Å². The molecular formula is C10H13ClN4O. The fraction of sp³-hybridized carbons (Fsp3) is 0.100. The number of aromatic hydroxyl groups is 1. The van der Waals surface area contributed by atoms with Crippen molar-refractivity contribution in [1.82, 2.24) is 9.78 Å². The maximum Gasteiger partial charge on any atom is 0.134 e. The standard InChI is InChI=1S/C6H6ClNO.C4H7N3/c7-5-3-4(8)1-2-6(5)9;1-7-4(5)2-3-6-7/h1-3,9H,8H2;2-3H,5H2,1H3. The first-order valence-corrected chi connectivity index (χ1v) is 4.86. The summed E-state index contributed by atoms with van der Waals surface area (Å²) in [4.78, 5) is 0. The zero-order valence-corrected chi connectivity index (χ0v) is 9.52. The van der Waals surface area contributed by atoms with Crippen molar-refractivity contribution in [3.63, 3.8) is 0 Å². The van der Waals surface area contributed by atoms with Gasteiger partial charge in [0.15, 0.2) is 0 Å². The SMILES string of the molecule is Cn1nccc1N.Nc1ccc(O)c(Cl)c1. The second-order valence-corrected chi connectivity index (χ2v) is 3.50. The number of anilines is 2. The molecule has 0 spiro atoms. The summed E-state index contributed by atoms with van der Waals surface area (Å²) >= 11 is 5.48. The summed E-state index contributed by atoms with van der Waals surface area (Å²) in [6.45, 7) is 0. The van der Waals surface area contributed by atoms with Gasteiger partial charge in [-0.2, -0.15) is 5.10 Å². The summed E-state index contributed by atoms with van der Waals surface area (Å²) in [7, 11) is 1.80. The Labute approximate surface area is 98.2 Å². The van der Waals surface area contributed by atoms with E-state index in [1.807, 2.05) is 0 Å². The van der Waals surface area contributed by atoms with E-state index < -0.39 is 0 Å². The summed E-state index contributed by atoms with van der Waals surface area (Å²) in [6, 6.07) is 6.29. The van der Waals surface area contributed by atoms with Gasteiger partial charge in [-0.25, -0.2) is 0 Å². The molecule has 1 aromatic heterocycles. The lowest BCUT2D eigenvalue weighted by Crippen LogP contribution is -1.95. The smallest absolute Gasteiger partial charge is 0.134 e. The van der Waals surface area contributed by atoms with E-state index in [0.717, 1.165) is 0 Å². The van der Waals surface area contributed by atoms with Crippen LogP contribution in [0.3, 0.4) is 0 Å². The number of hydrogen-bond acceptors (Lipinski definition) is 4. The first-order valence-electron chi connectivity index (χ1n) is 4.48. The molecule has 1 heterocycles. The fourth-order valence-electron chi connectivity index (χ4n) is 0.907. The summed E-state index contributed by atoms with van der Waals surface area (Å²) in [5, 5.41) is 13.0. The lowest BCUT2D eigenvalue weighted by atomic mass is 10.3. The molecule has 16 heavy (non-hydrogen) atoms. The molecular weight excluding hydrogens is 228 g/mol. The molecule has 2 aromatic rings. The van der Waals surface area contributed by atoms with Gasteiger partial charge in [-0.3, -0.25) is 4.68 Å². The number of nitrogens with two attached hydrogens (primary N) is 2. The Morgan fingerprint density at radius 1 is 1.31 bits per heavy atom. The molecule has 0 amide bonds. The van der Waals surface area contributed by atoms with Crippen LogP contribution in [0, 0.1) is 0 Å². The van der Waals surface area contributed by atoms with Crippen molar-refractivity contribution in [1.29, 1.82) is 0 Å². The van der Waals surface area contributed by atoms with Gasteiger partial charge in [0, 0.05) is 12.7 Å². The van der Waals surface area contributed by atoms with Crippen molar-refractivity contribution in [3.8, 4) is 5.75 Å². The molecule has 0 aliphatic rings. The van der Waals surface area contributed by atoms with E-state index in [9.17, 15) is 0 Å². The molecule has 86 valence electrons. The second kappa shape index (κ2) is 5.27. The van der Waals surface area contributed by atoms with Gasteiger partial charge in [0.1, 0.15) is 11.6 Å². The third kappa shape index (κ3) is 3.36. The molecule has 0 fully saturated rings. The first kappa shape index (κ1) is 12.2. The van der Waals surface area contributed by atoms with Crippen molar-refractivity contribution in [2.24, 2.45) is 7.05 Å². The highest BCUT2D eigenvalue weighted by molar-refractivity contribution is 6.32. The number of aromatic nitrogens is 2. The molecule has 0 bridgehead atoms. The average molecular weight is 241 g/mol. The minimum atomic E-state index is 0.0610. The van der Waals surface area contributed by atoms with Crippen LogP contribution in [0.15, 0.2) is 30.5 Å². The van der Waals surface area contributed by atoms with Gasteiger partial charge in [0.05, 0.1) is 11.2 Å². The largest absolute Gasteiger partial charge is 0.506 e. The summed E-state index contributed by atoms with van der Waals surface area (Å²) in [5.41, 5.74) is 11.2. The molecule has 0 radical (unpaired) electrons. The monoisotopic (exact) mass is 240 g/mol. The van der Waals surface area contributed by atoms with Gasteiger partial charge in [-0.15, -0.1) is 0 Å². The van der Waals surface area contributed by atoms with Crippen LogP contribution in [-0.4, -0.2) is 14.9 Å². The van der Waals surface area contributed by atoms with Crippen LogP contribution in [0.25, 0.3) is 0 Å².